The number of amides is 1. The van der Waals surface area contributed by atoms with E-state index in [1.54, 1.807) is 19.2 Å². The molecule has 0 radical (unpaired) electrons. The van der Waals surface area contributed by atoms with E-state index in [-0.39, 0.29) is 11.9 Å². The zero-order chi connectivity index (χ0) is 18.4. The average Bonchev–Trinajstić information content (AvgIpc) is 2.69. The first-order valence-corrected chi connectivity index (χ1v) is 9.09. The highest BCUT2D eigenvalue weighted by Crippen LogP contribution is 2.26. The number of nitrogens with zero attached hydrogens (tertiary/aromatic N) is 1. The molecule has 2 aromatic rings. The van der Waals surface area contributed by atoms with Gasteiger partial charge in [0, 0.05) is 12.1 Å². The molecule has 0 aliphatic carbocycles. The summed E-state index contributed by atoms with van der Waals surface area (Å²) in [5.41, 5.74) is 1.46. The number of benzene rings is 2. The van der Waals surface area contributed by atoms with Crippen LogP contribution in [0.2, 0.25) is 0 Å². The van der Waals surface area contributed by atoms with Crippen molar-refractivity contribution in [2.75, 3.05) is 26.7 Å². The molecule has 138 valence electrons. The monoisotopic (exact) mass is 356 g/mol. The summed E-state index contributed by atoms with van der Waals surface area (Å²) in [6.07, 6.45) is 3.58. The van der Waals surface area contributed by atoms with Crippen LogP contribution >= 0.6 is 0 Å². The van der Waals surface area contributed by atoms with E-state index in [1.165, 1.54) is 18.6 Å². The summed E-state index contributed by atoms with van der Waals surface area (Å²) in [5.74, 6) is 0.147. The third-order valence-electron chi connectivity index (χ3n) is 4.85. The van der Waals surface area contributed by atoms with Gasteiger partial charge in [-0.05, 0) is 61.8 Å². The normalized spacial score (nSPS) is 16.1. The van der Waals surface area contributed by atoms with Crippen LogP contribution in [0, 0.1) is 5.82 Å². The zero-order valence-electron chi connectivity index (χ0n) is 15.1. The zero-order valence-corrected chi connectivity index (χ0v) is 15.1. The summed E-state index contributed by atoms with van der Waals surface area (Å²) >= 11 is 0. The Morgan fingerprint density at radius 3 is 2.65 bits per heavy atom. The van der Waals surface area contributed by atoms with Crippen molar-refractivity contribution < 1.29 is 13.9 Å². The van der Waals surface area contributed by atoms with Gasteiger partial charge < -0.3 is 10.1 Å². The molecule has 1 aliphatic rings. The van der Waals surface area contributed by atoms with E-state index in [4.69, 9.17) is 4.74 Å². The summed E-state index contributed by atoms with van der Waals surface area (Å²) in [5, 5.41) is 2.97. The number of hydrogen-bond acceptors (Lipinski definition) is 3. The molecule has 0 aromatic heterocycles. The Bertz CT molecular complexity index is 744. The van der Waals surface area contributed by atoms with Gasteiger partial charge in [0.15, 0.2) is 0 Å². The number of hydrogen-bond donors (Lipinski definition) is 1. The van der Waals surface area contributed by atoms with Gasteiger partial charge in [-0.15, -0.1) is 0 Å². The van der Waals surface area contributed by atoms with Crippen LogP contribution in [0.5, 0.6) is 5.75 Å². The van der Waals surface area contributed by atoms with E-state index in [0.717, 1.165) is 37.2 Å². The van der Waals surface area contributed by atoms with Crippen molar-refractivity contribution >= 4 is 5.91 Å². The minimum Gasteiger partial charge on any atom is -0.497 e. The topological polar surface area (TPSA) is 41.6 Å². The van der Waals surface area contributed by atoms with Gasteiger partial charge in [0.05, 0.1) is 13.2 Å². The van der Waals surface area contributed by atoms with Crippen LogP contribution in [0.15, 0.2) is 48.5 Å². The fourth-order valence-corrected chi connectivity index (χ4v) is 3.46. The molecule has 1 atom stereocenters. The predicted octanol–water partition coefficient (Wildman–Crippen LogP) is 3.79. The Hall–Kier alpha value is -2.40. The Morgan fingerprint density at radius 1 is 1.15 bits per heavy atom. The van der Waals surface area contributed by atoms with Crippen molar-refractivity contribution in [3.05, 3.63) is 65.5 Å². The molecule has 1 aliphatic heterocycles. The van der Waals surface area contributed by atoms with E-state index in [9.17, 15) is 9.18 Å². The lowest BCUT2D eigenvalue weighted by Crippen LogP contribution is -2.40. The number of rotatable bonds is 6. The van der Waals surface area contributed by atoms with Crippen molar-refractivity contribution in [1.82, 2.24) is 10.2 Å². The largest absolute Gasteiger partial charge is 0.497 e. The Labute approximate surface area is 154 Å². The van der Waals surface area contributed by atoms with Crippen LogP contribution in [0.3, 0.4) is 0 Å². The number of likely N-dealkylation sites (tertiary alicyclic amines) is 1. The molecule has 0 saturated carbocycles. The van der Waals surface area contributed by atoms with Crippen LogP contribution in [-0.4, -0.2) is 37.6 Å². The minimum atomic E-state index is -0.405. The van der Waals surface area contributed by atoms with Crippen molar-refractivity contribution in [2.45, 2.75) is 25.3 Å². The van der Waals surface area contributed by atoms with Gasteiger partial charge in [-0.1, -0.05) is 24.6 Å². The molecule has 1 saturated heterocycles. The van der Waals surface area contributed by atoms with Gasteiger partial charge >= 0.3 is 0 Å². The SMILES string of the molecule is COc1cccc(C(CNC(=O)c2cccc(F)c2)N2CCCCC2)c1. The van der Waals surface area contributed by atoms with Crippen LogP contribution in [0.1, 0.15) is 41.2 Å². The molecule has 3 rings (SSSR count). The fraction of sp³-hybridized carbons (Fsp3) is 0.381. The van der Waals surface area contributed by atoms with E-state index in [1.807, 2.05) is 18.2 Å². The Balaban J connectivity index is 1.75. The molecule has 4 nitrogen and oxygen atoms in total. The smallest absolute Gasteiger partial charge is 0.251 e. The first-order chi connectivity index (χ1) is 12.7. The second-order valence-electron chi connectivity index (χ2n) is 6.61. The fourth-order valence-electron chi connectivity index (χ4n) is 3.46. The highest BCUT2D eigenvalue weighted by molar-refractivity contribution is 5.94. The average molecular weight is 356 g/mol. The molecule has 26 heavy (non-hydrogen) atoms. The summed E-state index contributed by atoms with van der Waals surface area (Å²) in [6, 6.07) is 13.8. The molecule has 0 spiro atoms. The quantitative estimate of drug-likeness (QED) is 0.856. The lowest BCUT2D eigenvalue weighted by atomic mass is 10.0. The van der Waals surface area contributed by atoms with Gasteiger partial charge in [-0.2, -0.15) is 0 Å². The number of carbonyl (C=O) groups is 1. The second-order valence-corrected chi connectivity index (χ2v) is 6.61. The predicted molar refractivity (Wildman–Crippen MR) is 99.9 cm³/mol. The van der Waals surface area contributed by atoms with Gasteiger partial charge in [0.1, 0.15) is 11.6 Å². The first kappa shape index (κ1) is 18.4. The minimum absolute atomic E-state index is 0.0721. The van der Waals surface area contributed by atoms with Crippen molar-refractivity contribution in [3.8, 4) is 5.75 Å². The molecule has 1 N–H and O–H groups in total. The van der Waals surface area contributed by atoms with Crippen LogP contribution < -0.4 is 10.1 Å². The van der Waals surface area contributed by atoms with Gasteiger partial charge in [0.25, 0.3) is 5.91 Å². The molecular formula is C21H25FN2O2. The summed E-state index contributed by atoms with van der Waals surface area (Å²) in [7, 11) is 1.65. The summed E-state index contributed by atoms with van der Waals surface area (Å²) in [6.45, 7) is 2.50. The molecular weight excluding hydrogens is 331 g/mol. The molecule has 0 bridgehead atoms. The molecule has 1 heterocycles. The highest BCUT2D eigenvalue weighted by atomic mass is 19.1. The number of methoxy groups -OCH3 is 1. The summed E-state index contributed by atoms with van der Waals surface area (Å²) < 4.78 is 18.7. The van der Waals surface area contributed by atoms with E-state index in [0.29, 0.717) is 12.1 Å². The number of halogens is 1. The van der Waals surface area contributed by atoms with Crippen LogP contribution in [0.4, 0.5) is 4.39 Å². The third kappa shape index (κ3) is 4.61. The maximum Gasteiger partial charge on any atom is 0.251 e. The van der Waals surface area contributed by atoms with Gasteiger partial charge in [-0.25, -0.2) is 4.39 Å². The molecule has 1 amide bonds. The lowest BCUT2D eigenvalue weighted by molar-refractivity contribution is 0.0924. The van der Waals surface area contributed by atoms with E-state index < -0.39 is 5.82 Å². The van der Waals surface area contributed by atoms with Crippen molar-refractivity contribution in [3.63, 3.8) is 0 Å². The number of nitrogens with one attached hydrogen (secondary N) is 1. The third-order valence-corrected chi connectivity index (χ3v) is 4.85. The Kier molecular flexibility index (Phi) is 6.23. The Morgan fingerprint density at radius 2 is 1.92 bits per heavy atom. The van der Waals surface area contributed by atoms with Gasteiger partial charge in [0.2, 0.25) is 0 Å². The van der Waals surface area contributed by atoms with E-state index >= 15 is 0 Å². The second kappa shape index (κ2) is 8.81. The standard InChI is InChI=1S/C21H25FN2O2/c1-26-19-10-6-7-16(14-19)20(24-11-3-2-4-12-24)15-23-21(25)17-8-5-9-18(22)13-17/h5-10,13-14,20H,2-4,11-12,15H2,1H3,(H,23,25). The van der Waals surface area contributed by atoms with Crippen LogP contribution in [0.25, 0.3) is 0 Å². The molecule has 5 heteroatoms. The number of piperidine rings is 1. The highest BCUT2D eigenvalue weighted by Gasteiger charge is 2.23. The first-order valence-electron chi connectivity index (χ1n) is 9.09. The number of ether oxygens (including phenoxy) is 1. The van der Waals surface area contributed by atoms with Gasteiger partial charge in [-0.3, -0.25) is 9.69 Å². The maximum atomic E-state index is 13.4. The summed E-state index contributed by atoms with van der Waals surface area (Å²) in [4.78, 5) is 14.8. The lowest BCUT2D eigenvalue weighted by Gasteiger charge is -2.35. The maximum absolute atomic E-state index is 13.4. The van der Waals surface area contributed by atoms with Crippen LogP contribution in [-0.2, 0) is 0 Å². The van der Waals surface area contributed by atoms with E-state index in [2.05, 4.69) is 16.3 Å². The molecule has 2 aromatic carbocycles. The molecule has 1 unspecified atom stereocenters. The van der Waals surface area contributed by atoms with Crippen molar-refractivity contribution in [1.29, 1.82) is 0 Å². The molecule has 1 fully saturated rings. The number of carbonyl (C=O) groups excluding carboxylic acids is 1. The van der Waals surface area contributed by atoms with Crippen molar-refractivity contribution in [2.24, 2.45) is 0 Å².